The lowest BCUT2D eigenvalue weighted by atomic mass is 10.1. The number of H-pyrrole nitrogens is 1. The van der Waals surface area contributed by atoms with Crippen LogP contribution in [-0.4, -0.2) is 34.6 Å². The van der Waals surface area contributed by atoms with E-state index in [2.05, 4.69) is 58.2 Å². The molecule has 1 N–H and O–H groups in total. The molecule has 0 unspecified atom stereocenters. The van der Waals surface area contributed by atoms with E-state index in [0.29, 0.717) is 6.61 Å². The van der Waals surface area contributed by atoms with Crippen molar-refractivity contribution in [1.29, 1.82) is 0 Å². The summed E-state index contributed by atoms with van der Waals surface area (Å²) in [5, 5.41) is 0. The monoisotopic (exact) mass is 333 g/mol. The summed E-state index contributed by atoms with van der Waals surface area (Å²) in [6.45, 7) is 5.40. The molecule has 1 saturated heterocycles. The van der Waals surface area contributed by atoms with Crippen LogP contribution in [0.1, 0.15) is 23.0 Å². The lowest BCUT2D eigenvalue weighted by molar-refractivity contribution is -0.0156. The molecule has 128 valence electrons. The zero-order valence-corrected chi connectivity index (χ0v) is 14.5. The topological polar surface area (TPSA) is 41.1 Å². The molecule has 1 aliphatic heterocycles. The van der Waals surface area contributed by atoms with Crippen molar-refractivity contribution in [2.24, 2.45) is 0 Å². The highest BCUT2D eigenvalue weighted by atomic mass is 16.5. The van der Waals surface area contributed by atoms with Crippen LogP contribution < -0.4 is 0 Å². The Bertz CT molecular complexity index is 811. The highest BCUT2D eigenvalue weighted by Gasteiger charge is 2.27. The van der Waals surface area contributed by atoms with Crippen molar-refractivity contribution < 1.29 is 4.74 Å². The number of hydrogen-bond donors (Lipinski definition) is 1. The van der Waals surface area contributed by atoms with Gasteiger partial charge in [0.2, 0.25) is 0 Å². The predicted molar refractivity (Wildman–Crippen MR) is 99.2 cm³/mol. The summed E-state index contributed by atoms with van der Waals surface area (Å²) in [7, 11) is 0. The zero-order chi connectivity index (χ0) is 17.1. The summed E-state index contributed by atoms with van der Waals surface area (Å²) in [5.74, 6) is 0.977. The molecule has 1 aliphatic rings. The normalized spacial score (nSPS) is 18.4. The first-order valence-corrected chi connectivity index (χ1v) is 8.77. The minimum atomic E-state index is 0.160. The standard InChI is InChI=1S/C21H23N3O/c1-16-7-9-17(10-8-16)14-24-11-12-25-15-20(24)21-22-13-19(23-21)18-5-3-2-4-6-18/h2-10,13,20H,11-12,14-15H2,1H3,(H,22,23)/t20-/m0/s1. The third-order valence-electron chi connectivity index (χ3n) is 4.74. The first-order valence-electron chi connectivity index (χ1n) is 8.77. The minimum absolute atomic E-state index is 0.160. The molecule has 1 atom stereocenters. The van der Waals surface area contributed by atoms with Crippen molar-refractivity contribution >= 4 is 0 Å². The summed E-state index contributed by atoms with van der Waals surface area (Å²) in [6, 6.07) is 19.2. The number of nitrogens with one attached hydrogen (secondary N) is 1. The van der Waals surface area contributed by atoms with E-state index in [1.807, 2.05) is 24.4 Å². The van der Waals surface area contributed by atoms with Crippen molar-refractivity contribution in [2.75, 3.05) is 19.8 Å². The summed E-state index contributed by atoms with van der Waals surface area (Å²) < 4.78 is 5.74. The van der Waals surface area contributed by atoms with Gasteiger partial charge in [-0.3, -0.25) is 4.90 Å². The van der Waals surface area contributed by atoms with E-state index in [1.165, 1.54) is 11.1 Å². The highest BCUT2D eigenvalue weighted by molar-refractivity contribution is 5.58. The predicted octanol–water partition coefficient (Wildman–Crippen LogP) is 3.96. The fourth-order valence-corrected chi connectivity index (χ4v) is 3.28. The molecule has 0 bridgehead atoms. The molecular formula is C21H23N3O. The average molecular weight is 333 g/mol. The van der Waals surface area contributed by atoms with Crippen LogP contribution in [0.15, 0.2) is 60.8 Å². The molecule has 0 radical (unpaired) electrons. The Hall–Kier alpha value is -2.43. The SMILES string of the molecule is Cc1ccc(CN2CCOC[C@H]2c2ncc(-c3ccccc3)[nH]2)cc1. The number of ether oxygens (including phenoxy) is 1. The number of benzene rings is 2. The maximum atomic E-state index is 5.74. The molecule has 2 heterocycles. The maximum absolute atomic E-state index is 5.74. The van der Waals surface area contributed by atoms with Crippen LogP contribution in [0.3, 0.4) is 0 Å². The molecule has 1 aromatic heterocycles. The first kappa shape index (κ1) is 16.1. The second-order valence-corrected chi connectivity index (χ2v) is 6.59. The smallest absolute Gasteiger partial charge is 0.126 e. The molecule has 4 nitrogen and oxygen atoms in total. The van der Waals surface area contributed by atoms with E-state index < -0.39 is 0 Å². The van der Waals surface area contributed by atoms with Crippen LogP contribution >= 0.6 is 0 Å². The van der Waals surface area contributed by atoms with Crippen molar-refractivity contribution in [1.82, 2.24) is 14.9 Å². The zero-order valence-electron chi connectivity index (χ0n) is 14.5. The third-order valence-corrected chi connectivity index (χ3v) is 4.74. The summed E-state index contributed by atoms with van der Waals surface area (Å²) in [4.78, 5) is 10.6. The molecule has 3 aromatic rings. The van der Waals surface area contributed by atoms with Crippen LogP contribution in [0.5, 0.6) is 0 Å². The fraction of sp³-hybridized carbons (Fsp3) is 0.286. The van der Waals surface area contributed by atoms with E-state index in [0.717, 1.165) is 36.8 Å². The number of aryl methyl sites for hydroxylation is 1. The Morgan fingerprint density at radius 3 is 2.72 bits per heavy atom. The number of morpholine rings is 1. The first-order chi connectivity index (χ1) is 12.3. The van der Waals surface area contributed by atoms with Gasteiger partial charge in [-0.1, -0.05) is 60.2 Å². The van der Waals surface area contributed by atoms with E-state index in [9.17, 15) is 0 Å². The number of rotatable bonds is 4. The van der Waals surface area contributed by atoms with Crippen molar-refractivity contribution in [3.63, 3.8) is 0 Å². The Balaban J connectivity index is 1.55. The van der Waals surface area contributed by atoms with Gasteiger partial charge in [0.1, 0.15) is 5.82 Å². The van der Waals surface area contributed by atoms with Gasteiger partial charge < -0.3 is 9.72 Å². The Morgan fingerprint density at radius 1 is 1.12 bits per heavy atom. The molecule has 2 aromatic carbocycles. The summed E-state index contributed by atoms with van der Waals surface area (Å²) in [5.41, 5.74) is 4.83. The lowest BCUT2D eigenvalue weighted by Gasteiger charge is -2.34. The van der Waals surface area contributed by atoms with E-state index in [-0.39, 0.29) is 6.04 Å². The number of hydrogen-bond acceptors (Lipinski definition) is 3. The van der Waals surface area contributed by atoms with Gasteiger partial charge in [0.25, 0.3) is 0 Å². The van der Waals surface area contributed by atoms with Crippen molar-refractivity contribution in [2.45, 2.75) is 19.5 Å². The van der Waals surface area contributed by atoms with Gasteiger partial charge >= 0.3 is 0 Å². The van der Waals surface area contributed by atoms with Crippen LogP contribution in [0.2, 0.25) is 0 Å². The van der Waals surface area contributed by atoms with Crippen LogP contribution in [-0.2, 0) is 11.3 Å². The van der Waals surface area contributed by atoms with Gasteiger partial charge in [-0.2, -0.15) is 0 Å². The van der Waals surface area contributed by atoms with Gasteiger partial charge in [-0.15, -0.1) is 0 Å². The van der Waals surface area contributed by atoms with E-state index in [1.54, 1.807) is 0 Å². The maximum Gasteiger partial charge on any atom is 0.126 e. The van der Waals surface area contributed by atoms with Crippen LogP contribution in [0.4, 0.5) is 0 Å². The number of aromatic amines is 1. The van der Waals surface area contributed by atoms with Gasteiger partial charge in [0.05, 0.1) is 31.1 Å². The third kappa shape index (κ3) is 3.65. The van der Waals surface area contributed by atoms with Crippen LogP contribution in [0.25, 0.3) is 11.3 Å². The molecule has 4 heteroatoms. The Labute approximate surface area is 148 Å². The quantitative estimate of drug-likeness (QED) is 0.786. The molecule has 4 rings (SSSR count). The van der Waals surface area contributed by atoms with E-state index >= 15 is 0 Å². The van der Waals surface area contributed by atoms with Crippen molar-refractivity contribution in [3.8, 4) is 11.3 Å². The molecule has 0 spiro atoms. The molecule has 25 heavy (non-hydrogen) atoms. The van der Waals surface area contributed by atoms with Gasteiger partial charge in [-0.25, -0.2) is 4.98 Å². The number of nitrogens with zero attached hydrogens (tertiary/aromatic N) is 2. The van der Waals surface area contributed by atoms with Gasteiger partial charge in [0, 0.05) is 13.1 Å². The second-order valence-electron chi connectivity index (χ2n) is 6.59. The Morgan fingerprint density at radius 2 is 1.92 bits per heavy atom. The molecule has 0 aliphatic carbocycles. The summed E-state index contributed by atoms with van der Waals surface area (Å²) >= 11 is 0. The second kappa shape index (κ2) is 7.21. The summed E-state index contributed by atoms with van der Waals surface area (Å²) in [6.07, 6.45) is 1.92. The average Bonchev–Trinajstić information content (AvgIpc) is 3.15. The largest absolute Gasteiger partial charge is 0.378 e. The fourth-order valence-electron chi connectivity index (χ4n) is 3.28. The molecule has 1 fully saturated rings. The van der Waals surface area contributed by atoms with Crippen LogP contribution in [0, 0.1) is 6.92 Å². The lowest BCUT2D eigenvalue weighted by Crippen LogP contribution is -2.39. The number of imidazole rings is 1. The highest BCUT2D eigenvalue weighted by Crippen LogP contribution is 2.26. The van der Waals surface area contributed by atoms with Gasteiger partial charge in [-0.05, 0) is 18.1 Å². The molecule has 0 saturated carbocycles. The Kier molecular flexibility index (Phi) is 4.63. The van der Waals surface area contributed by atoms with Crippen molar-refractivity contribution in [3.05, 3.63) is 77.7 Å². The molecular weight excluding hydrogens is 310 g/mol. The van der Waals surface area contributed by atoms with E-state index in [4.69, 9.17) is 4.74 Å². The number of aromatic nitrogens is 2. The molecule has 0 amide bonds. The van der Waals surface area contributed by atoms with Gasteiger partial charge in [0.15, 0.2) is 0 Å². The minimum Gasteiger partial charge on any atom is -0.378 e.